The molecule has 7 atom stereocenters. The second kappa shape index (κ2) is 7.41. The quantitative estimate of drug-likeness (QED) is 0.563. The highest BCUT2D eigenvalue weighted by Crippen LogP contribution is 2.66. The van der Waals surface area contributed by atoms with Crippen LogP contribution in [-0.4, -0.2) is 20.3 Å². The van der Waals surface area contributed by atoms with Gasteiger partial charge in [0.1, 0.15) is 5.78 Å². The molecule has 4 nitrogen and oxygen atoms in total. The van der Waals surface area contributed by atoms with Crippen LogP contribution >= 0.6 is 0 Å². The van der Waals surface area contributed by atoms with Gasteiger partial charge >= 0.3 is 0 Å². The van der Waals surface area contributed by atoms with Crippen LogP contribution in [0.15, 0.2) is 29.2 Å². The third-order valence-electron chi connectivity index (χ3n) is 9.82. The Morgan fingerprint density at radius 3 is 2.42 bits per heavy atom. The van der Waals surface area contributed by atoms with E-state index < -0.39 is 16.2 Å². The monoisotopic (exact) mass is 444 g/mol. The van der Waals surface area contributed by atoms with Crippen molar-refractivity contribution in [2.45, 2.75) is 89.6 Å². The Morgan fingerprint density at radius 2 is 1.68 bits per heavy atom. The number of ketones is 1. The first kappa shape index (κ1) is 21.6. The SMILES string of the molecule is Cc1ccc(S(=O)(=O)O[C@@H]2CC(=O)[C@@H]3[C@@H]4CC[C@H]5CCCC[C@]5(C)[C@@H]4CC[C@]32C)cc1. The fraction of sp³-hybridized carbons (Fsp3) is 0.731. The molecule has 5 heteroatoms. The zero-order valence-electron chi connectivity index (χ0n) is 19.1. The molecule has 1 aromatic rings. The molecule has 0 radical (unpaired) electrons. The van der Waals surface area contributed by atoms with Crippen molar-refractivity contribution in [2.75, 3.05) is 0 Å². The van der Waals surface area contributed by atoms with Gasteiger partial charge in [-0.1, -0.05) is 44.4 Å². The number of hydrogen-bond acceptors (Lipinski definition) is 4. The molecule has 5 rings (SSSR count). The molecule has 0 amide bonds. The normalized spacial score (nSPS) is 42.5. The zero-order chi connectivity index (χ0) is 22.0. The van der Waals surface area contributed by atoms with Gasteiger partial charge in [0.2, 0.25) is 0 Å². The van der Waals surface area contributed by atoms with Gasteiger partial charge in [0.15, 0.2) is 0 Å². The van der Waals surface area contributed by atoms with Crippen molar-refractivity contribution in [1.29, 1.82) is 0 Å². The lowest BCUT2D eigenvalue weighted by Crippen LogP contribution is -2.54. The summed E-state index contributed by atoms with van der Waals surface area (Å²) in [6.07, 6.45) is 9.32. The highest BCUT2D eigenvalue weighted by molar-refractivity contribution is 7.86. The lowest BCUT2D eigenvalue weighted by atomic mass is 9.45. The summed E-state index contributed by atoms with van der Waals surface area (Å²) < 4.78 is 31.9. The fourth-order valence-corrected chi connectivity index (χ4v) is 9.27. The van der Waals surface area contributed by atoms with E-state index in [1.165, 1.54) is 32.1 Å². The van der Waals surface area contributed by atoms with Gasteiger partial charge in [-0.3, -0.25) is 8.98 Å². The molecule has 4 saturated carbocycles. The molecule has 0 unspecified atom stereocenters. The Morgan fingerprint density at radius 1 is 0.935 bits per heavy atom. The molecule has 31 heavy (non-hydrogen) atoms. The minimum Gasteiger partial charge on any atom is -0.299 e. The Bertz CT molecular complexity index is 968. The van der Waals surface area contributed by atoms with E-state index in [0.717, 1.165) is 30.7 Å². The largest absolute Gasteiger partial charge is 0.299 e. The maximum atomic E-state index is 13.3. The molecule has 0 heterocycles. The Labute approximate surface area is 187 Å². The van der Waals surface area contributed by atoms with E-state index in [9.17, 15) is 13.2 Å². The second-order valence-corrected chi connectivity index (χ2v) is 12.9. The molecule has 0 bridgehead atoms. The van der Waals surface area contributed by atoms with Gasteiger partial charge < -0.3 is 0 Å². The summed E-state index contributed by atoms with van der Waals surface area (Å²) in [6, 6.07) is 6.77. The smallest absolute Gasteiger partial charge is 0.297 e. The Hall–Kier alpha value is -1.20. The molecule has 4 aliphatic carbocycles. The lowest BCUT2D eigenvalue weighted by Gasteiger charge is -2.59. The van der Waals surface area contributed by atoms with E-state index in [2.05, 4.69) is 13.8 Å². The van der Waals surface area contributed by atoms with E-state index in [0.29, 0.717) is 17.3 Å². The number of Topliss-reactive ketones (excluding diaryl/α,β-unsaturated/α-hetero) is 1. The van der Waals surface area contributed by atoms with E-state index >= 15 is 0 Å². The summed E-state index contributed by atoms with van der Waals surface area (Å²) in [7, 11) is -3.89. The van der Waals surface area contributed by atoms with Crippen LogP contribution in [0.25, 0.3) is 0 Å². The number of rotatable bonds is 3. The molecular weight excluding hydrogens is 408 g/mol. The molecule has 0 aliphatic heterocycles. The van der Waals surface area contributed by atoms with Crippen molar-refractivity contribution in [3.63, 3.8) is 0 Å². The van der Waals surface area contributed by atoms with Crippen molar-refractivity contribution in [3.05, 3.63) is 29.8 Å². The fourth-order valence-electron chi connectivity index (χ4n) is 8.10. The van der Waals surface area contributed by atoms with Gasteiger partial charge in [0.25, 0.3) is 10.1 Å². The first-order chi connectivity index (χ1) is 14.6. The molecule has 170 valence electrons. The predicted molar refractivity (Wildman–Crippen MR) is 120 cm³/mol. The number of benzene rings is 1. The molecule has 4 fully saturated rings. The number of hydrogen-bond donors (Lipinski definition) is 0. The number of fused-ring (bicyclic) bond motifs is 5. The number of aryl methyl sites for hydroxylation is 1. The van der Waals surface area contributed by atoms with E-state index in [-0.39, 0.29) is 28.4 Å². The maximum absolute atomic E-state index is 13.3. The Kier molecular flexibility index (Phi) is 5.17. The summed E-state index contributed by atoms with van der Waals surface area (Å²) in [5.41, 5.74) is 0.982. The van der Waals surface area contributed by atoms with Crippen LogP contribution in [0.3, 0.4) is 0 Å². The van der Waals surface area contributed by atoms with Crippen LogP contribution in [-0.2, 0) is 19.1 Å². The standard InChI is InChI=1S/C26H36O4S/c1-17-7-10-19(11-8-17)31(28,29)30-23-16-22(27)24-20-12-9-18-6-4-5-14-25(18,2)21(20)13-15-26(23,24)3/h7-8,10-11,18,20-21,23-24H,4-6,9,12-16H2,1-3H3/t18-,20-,21-,23-,24+,25+,26+/m1/s1. The molecule has 0 N–H and O–H groups in total. The first-order valence-electron chi connectivity index (χ1n) is 12.2. The van der Waals surface area contributed by atoms with E-state index in [1.807, 2.05) is 6.92 Å². The third kappa shape index (κ3) is 3.33. The summed E-state index contributed by atoms with van der Waals surface area (Å²) in [5.74, 6) is 1.97. The van der Waals surface area contributed by atoms with Crippen molar-refractivity contribution < 1.29 is 17.4 Å². The zero-order valence-corrected chi connectivity index (χ0v) is 19.9. The minimum absolute atomic E-state index is 0.0517. The summed E-state index contributed by atoms with van der Waals surface area (Å²) in [4.78, 5) is 13.5. The van der Waals surface area contributed by atoms with Crippen LogP contribution in [0.1, 0.15) is 77.2 Å². The molecule has 0 spiro atoms. The first-order valence-corrected chi connectivity index (χ1v) is 13.6. The van der Waals surface area contributed by atoms with Gasteiger partial charge in [-0.05, 0) is 80.8 Å². The van der Waals surface area contributed by atoms with Crippen molar-refractivity contribution in [1.82, 2.24) is 0 Å². The second-order valence-electron chi connectivity index (χ2n) is 11.3. The number of carbonyl (C=O) groups is 1. The highest BCUT2D eigenvalue weighted by atomic mass is 32.2. The summed E-state index contributed by atoms with van der Waals surface area (Å²) in [6.45, 7) is 6.55. The Balaban J connectivity index is 1.41. The van der Waals surface area contributed by atoms with Gasteiger partial charge in [-0.2, -0.15) is 8.42 Å². The van der Waals surface area contributed by atoms with Crippen LogP contribution in [0, 0.1) is 41.4 Å². The van der Waals surface area contributed by atoms with Crippen LogP contribution in [0.5, 0.6) is 0 Å². The maximum Gasteiger partial charge on any atom is 0.297 e. The average molecular weight is 445 g/mol. The molecule has 0 aromatic heterocycles. The van der Waals surface area contributed by atoms with Crippen molar-refractivity contribution >= 4 is 15.9 Å². The lowest BCUT2D eigenvalue weighted by molar-refractivity contribution is -0.141. The van der Waals surface area contributed by atoms with Gasteiger partial charge in [-0.15, -0.1) is 0 Å². The van der Waals surface area contributed by atoms with Crippen molar-refractivity contribution in [3.8, 4) is 0 Å². The van der Waals surface area contributed by atoms with Gasteiger partial charge in [0.05, 0.1) is 11.0 Å². The third-order valence-corrected chi connectivity index (χ3v) is 11.2. The van der Waals surface area contributed by atoms with Crippen molar-refractivity contribution in [2.24, 2.45) is 34.5 Å². The molecule has 0 saturated heterocycles. The van der Waals surface area contributed by atoms with Gasteiger partial charge in [-0.25, -0.2) is 0 Å². The van der Waals surface area contributed by atoms with Crippen LogP contribution < -0.4 is 0 Å². The summed E-state index contributed by atoms with van der Waals surface area (Å²) in [5, 5.41) is 0. The van der Waals surface area contributed by atoms with Gasteiger partial charge in [0, 0.05) is 17.8 Å². The molecule has 4 aliphatic rings. The van der Waals surface area contributed by atoms with Crippen LogP contribution in [0.4, 0.5) is 0 Å². The predicted octanol–water partition coefficient (Wildman–Crippen LogP) is 5.68. The summed E-state index contributed by atoms with van der Waals surface area (Å²) >= 11 is 0. The van der Waals surface area contributed by atoms with E-state index in [1.54, 1.807) is 24.3 Å². The van der Waals surface area contributed by atoms with E-state index in [4.69, 9.17) is 4.18 Å². The molecule has 1 aromatic carbocycles. The topological polar surface area (TPSA) is 60.4 Å². The van der Waals surface area contributed by atoms with Crippen LogP contribution in [0.2, 0.25) is 0 Å². The highest BCUT2D eigenvalue weighted by Gasteiger charge is 2.63. The average Bonchev–Trinajstić information content (AvgIpc) is 2.97. The number of carbonyl (C=O) groups excluding carboxylic acids is 1. The minimum atomic E-state index is -3.89. The molecular formula is C26H36O4S.